The molecule has 1 fully saturated rings. The van der Waals surface area contributed by atoms with Crippen molar-refractivity contribution in [3.63, 3.8) is 0 Å². The molecule has 0 heterocycles. The molecular formula is C17H18. The molecule has 0 heteroatoms. The quantitative estimate of drug-likeness (QED) is 0.716. The molecule has 0 amide bonds. The van der Waals surface area contributed by atoms with Crippen LogP contribution in [0, 0.1) is 0 Å². The Bertz CT molecular complexity index is 498. The van der Waals surface area contributed by atoms with E-state index in [2.05, 4.69) is 61.5 Å². The molecular weight excluding hydrogens is 204 g/mol. The summed E-state index contributed by atoms with van der Waals surface area (Å²) in [6.45, 7) is 2.25. The van der Waals surface area contributed by atoms with Crippen LogP contribution in [-0.4, -0.2) is 0 Å². The average Bonchev–Trinajstić information content (AvgIpc) is 3.20. The second kappa shape index (κ2) is 4.37. The summed E-state index contributed by atoms with van der Waals surface area (Å²) >= 11 is 0. The van der Waals surface area contributed by atoms with Crippen molar-refractivity contribution in [1.29, 1.82) is 0 Å². The average molecular weight is 222 g/mol. The van der Waals surface area contributed by atoms with Crippen LogP contribution >= 0.6 is 0 Å². The topological polar surface area (TPSA) is 0 Å². The summed E-state index contributed by atoms with van der Waals surface area (Å²) in [5.41, 5.74) is 4.60. The van der Waals surface area contributed by atoms with Crippen LogP contribution in [0.15, 0.2) is 54.6 Å². The van der Waals surface area contributed by atoms with Gasteiger partial charge in [-0.15, -0.1) is 0 Å². The van der Waals surface area contributed by atoms with Crippen molar-refractivity contribution in [2.75, 3.05) is 0 Å². The molecule has 1 aliphatic carbocycles. The van der Waals surface area contributed by atoms with Gasteiger partial charge in [0.1, 0.15) is 0 Å². The Hall–Kier alpha value is -1.56. The van der Waals surface area contributed by atoms with Gasteiger partial charge in [0.2, 0.25) is 0 Å². The van der Waals surface area contributed by atoms with Gasteiger partial charge in [-0.25, -0.2) is 0 Å². The van der Waals surface area contributed by atoms with Crippen molar-refractivity contribution in [2.24, 2.45) is 0 Å². The van der Waals surface area contributed by atoms with E-state index in [9.17, 15) is 0 Å². The minimum atomic E-state index is 0.754. The van der Waals surface area contributed by atoms with Crippen molar-refractivity contribution in [2.45, 2.75) is 31.6 Å². The molecule has 2 atom stereocenters. The lowest BCUT2D eigenvalue weighted by atomic mass is 9.98. The van der Waals surface area contributed by atoms with E-state index in [4.69, 9.17) is 0 Å². The third-order valence-corrected chi connectivity index (χ3v) is 3.85. The summed E-state index contributed by atoms with van der Waals surface area (Å²) in [5, 5.41) is 0. The smallest absolute Gasteiger partial charge is 0.00841 e. The maximum atomic E-state index is 2.31. The second-order valence-electron chi connectivity index (χ2n) is 4.91. The number of rotatable bonds is 3. The van der Waals surface area contributed by atoms with Crippen molar-refractivity contribution >= 4 is 0 Å². The van der Waals surface area contributed by atoms with Gasteiger partial charge in [-0.05, 0) is 41.4 Å². The van der Waals surface area contributed by atoms with Crippen LogP contribution in [0.2, 0.25) is 0 Å². The van der Waals surface area contributed by atoms with Gasteiger partial charge in [0.15, 0.2) is 0 Å². The normalized spacial score (nSPS) is 22.4. The van der Waals surface area contributed by atoms with Crippen LogP contribution in [0.3, 0.4) is 0 Å². The molecule has 1 saturated carbocycles. The van der Waals surface area contributed by atoms with Gasteiger partial charge in [0.05, 0.1) is 0 Å². The number of hydrogen-bond donors (Lipinski definition) is 0. The van der Waals surface area contributed by atoms with E-state index in [-0.39, 0.29) is 0 Å². The molecule has 2 aromatic carbocycles. The largest absolute Gasteiger partial charge is 0.0622 e. The zero-order valence-corrected chi connectivity index (χ0v) is 10.3. The summed E-state index contributed by atoms with van der Waals surface area (Å²) < 4.78 is 0. The highest BCUT2D eigenvalue weighted by Crippen LogP contribution is 2.55. The van der Waals surface area contributed by atoms with Gasteiger partial charge in [0.25, 0.3) is 0 Å². The Labute approximate surface area is 103 Å². The molecule has 17 heavy (non-hydrogen) atoms. The Morgan fingerprint density at radius 1 is 0.882 bits per heavy atom. The Morgan fingerprint density at radius 3 is 2.35 bits per heavy atom. The van der Waals surface area contributed by atoms with E-state index in [0.717, 1.165) is 18.3 Å². The highest BCUT2D eigenvalue weighted by molar-refractivity contribution is 5.40. The molecule has 0 bridgehead atoms. The first kappa shape index (κ1) is 10.6. The van der Waals surface area contributed by atoms with E-state index in [1.165, 1.54) is 17.5 Å². The maximum Gasteiger partial charge on any atom is -0.00841 e. The molecule has 0 saturated heterocycles. The lowest BCUT2D eigenvalue weighted by Gasteiger charge is -2.07. The van der Waals surface area contributed by atoms with Crippen LogP contribution in [0.1, 0.15) is 41.9 Å². The molecule has 0 radical (unpaired) electrons. The molecule has 0 aromatic heterocycles. The van der Waals surface area contributed by atoms with Gasteiger partial charge >= 0.3 is 0 Å². The molecule has 2 aromatic rings. The molecule has 0 unspecified atom stereocenters. The number of hydrogen-bond acceptors (Lipinski definition) is 0. The summed E-state index contributed by atoms with van der Waals surface area (Å²) in [7, 11) is 0. The molecule has 86 valence electrons. The molecule has 0 N–H and O–H groups in total. The summed E-state index contributed by atoms with van der Waals surface area (Å²) in [6.07, 6.45) is 2.47. The zero-order chi connectivity index (χ0) is 11.7. The SMILES string of the molecule is CCc1ccccc1[C@H]1C[C@@H]1c1ccccc1. The van der Waals surface area contributed by atoms with Gasteiger partial charge in [0, 0.05) is 0 Å². The van der Waals surface area contributed by atoms with E-state index in [1.807, 2.05) is 0 Å². The Balaban J connectivity index is 1.85. The Morgan fingerprint density at radius 2 is 1.59 bits per heavy atom. The van der Waals surface area contributed by atoms with Gasteiger partial charge in [-0.3, -0.25) is 0 Å². The fraction of sp³-hybridized carbons (Fsp3) is 0.294. The van der Waals surface area contributed by atoms with Crippen molar-refractivity contribution in [3.8, 4) is 0 Å². The van der Waals surface area contributed by atoms with E-state index in [1.54, 1.807) is 5.56 Å². The fourth-order valence-electron chi connectivity index (χ4n) is 2.83. The monoisotopic (exact) mass is 222 g/mol. The highest BCUT2D eigenvalue weighted by atomic mass is 14.4. The summed E-state index contributed by atoms with van der Waals surface area (Å²) in [4.78, 5) is 0. The number of benzene rings is 2. The van der Waals surface area contributed by atoms with Crippen LogP contribution < -0.4 is 0 Å². The maximum absolute atomic E-state index is 2.31. The van der Waals surface area contributed by atoms with Crippen LogP contribution in [0.4, 0.5) is 0 Å². The molecule has 3 rings (SSSR count). The van der Waals surface area contributed by atoms with Gasteiger partial charge in [-0.1, -0.05) is 61.5 Å². The third kappa shape index (κ3) is 2.00. The first-order chi connectivity index (χ1) is 8.40. The van der Waals surface area contributed by atoms with Crippen molar-refractivity contribution < 1.29 is 0 Å². The molecule has 0 nitrogen and oxygen atoms in total. The second-order valence-corrected chi connectivity index (χ2v) is 4.91. The minimum Gasteiger partial charge on any atom is -0.0622 e. The molecule has 0 spiro atoms. The predicted molar refractivity (Wildman–Crippen MR) is 72.4 cm³/mol. The lowest BCUT2D eigenvalue weighted by Crippen LogP contribution is -1.91. The molecule has 0 aliphatic heterocycles. The van der Waals surface area contributed by atoms with Crippen LogP contribution in [0.5, 0.6) is 0 Å². The summed E-state index contributed by atoms with van der Waals surface area (Å²) in [5.74, 6) is 1.51. The Kier molecular flexibility index (Phi) is 2.72. The predicted octanol–water partition coefficient (Wildman–Crippen LogP) is 4.52. The first-order valence-corrected chi connectivity index (χ1v) is 6.53. The van der Waals surface area contributed by atoms with E-state index < -0.39 is 0 Å². The van der Waals surface area contributed by atoms with Crippen molar-refractivity contribution in [3.05, 3.63) is 71.3 Å². The van der Waals surface area contributed by atoms with E-state index >= 15 is 0 Å². The third-order valence-electron chi connectivity index (χ3n) is 3.85. The number of aryl methyl sites for hydroxylation is 1. The van der Waals surface area contributed by atoms with Crippen molar-refractivity contribution in [1.82, 2.24) is 0 Å². The van der Waals surface area contributed by atoms with Gasteiger partial charge in [-0.2, -0.15) is 0 Å². The highest BCUT2D eigenvalue weighted by Gasteiger charge is 2.39. The minimum absolute atomic E-state index is 0.754. The summed E-state index contributed by atoms with van der Waals surface area (Å²) in [6, 6.07) is 19.8. The van der Waals surface area contributed by atoms with E-state index in [0.29, 0.717) is 0 Å². The van der Waals surface area contributed by atoms with Gasteiger partial charge < -0.3 is 0 Å². The molecule has 1 aliphatic rings. The first-order valence-electron chi connectivity index (χ1n) is 6.53. The standard InChI is InChI=1S/C17H18/c1-2-13-8-6-7-11-15(13)17-12-16(17)14-9-4-3-5-10-14/h3-11,16-17H,2,12H2,1H3/t16-,17-/m1/s1. The van der Waals surface area contributed by atoms with Crippen LogP contribution in [0.25, 0.3) is 0 Å². The lowest BCUT2D eigenvalue weighted by molar-refractivity contribution is 0.982. The zero-order valence-electron chi connectivity index (χ0n) is 10.3. The van der Waals surface area contributed by atoms with Crippen LogP contribution in [-0.2, 0) is 6.42 Å². The fourth-order valence-corrected chi connectivity index (χ4v) is 2.83.